The number of hydrogen-bond donors (Lipinski definition) is 1. The van der Waals surface area contributed by atoms with Gasteiger partial charge in [0, 0.05) is 37.1 Å². The van der Waals surface area contributed by atoms with Crippen molar-refractivity contribution < 1.29 is 22.0 Å². The number of amides is 1. The first-order valence-corrected chi connectivity index (χ1v) is 11.8. The van der Waals surface area contributed by atoms with Crippen LogP contribution in [0.3, 0.4) is 0 Å². The van der Waals surface area contributed by atoms with Gasteiger partial charge in [0.05, 0.1) is 11.9 Å². The van der Waals surface area contributed by atoms with Crippen LogP contribution in [0.4, 0.5) is 20.2 Å². The maximum atomic E-state index is 14.0. The molecule has 0 aliphatic rings. The molecule has 2 aromatic carbocycles. The van der Waals surface area contributed by atoms with Gasteiger partial charge < -0.3 is 5.32 Å². The molecule has 0 atom stereocenters. The number of halogens is 2. The Bertz CT molecular complexity index is 1170. The number of hydrogen-bond acceptors (Lipinski definition) is 4. The third kappa shape index (κ3) is 6.58. The fourth-order valence-corrected chi connectivity index (χ4v) is 4.16. The number of pyridine rings is 1. The van der Waals surface area contributed by atoms with Crippen molar-refractivity contribution in [2.45, 2.75) is 19.3 Å². The molecule has 0 unspecified atom stereocenters. The van der Waals surface area contributed by atoms with Crippen molar-refractivity contribution in [2.24, 2.45) is 0 Å². The van der Waals surface area contributed by atoms with Crippen LogP contribution in [0.5, 0.6) is 0 Å². The number of benzene rings is 2. The molecule has 1 amide bonds. The summed E-state index contributed by atoms with van der Waals surface area (Å²) in [6, 6.07) is 14.0. The van der Waals surface area contributed by atoms with Crippen LogP contribution in [0, 0.1) is 11.6 Å². The Morgan fingerprint density at radius 3 is 2.28 bits per heavy atom. The Labute approximate surface area is 186 Å². The number of carbonyl (C=O) groups excluding carboxylic acids is 1. The number of aromatic nitrogens is 1. The topological polar surface area (TPSA) is 79.4 Å². The second-order valence-electron chi connectivity index (χ2n) is 7.31. The molecule has 1 N–H and O–H groups in total. The van der Waals surface area contributed by atoms with Crippen molar-refractivity contribution in [3.8, 4) is 0 Å². The van der Waals surface area contributed by atoms with Gasteiger partial charge in [0.15, 0.2) is 0 Å². The van der Waals surface area contributed by atoms with Gasteiger partial charge in [-0.3, -0.25) is 14.1 Å². The first kappa shape index (κ1) is 23.3. The van der Waals surface area contributed by atoms with Crippen LogP contribution < -0.4 is 9.62 Å². The van der Waals surface area contributed by atoms with Crippen LogP contribution in [0.25, 0.3) is 0 Å². The van der Waals surface area contributed by atoms with Gasteiger partial charge >= 0.3 is 0 Å². The molecule has 1 aromatic heterocycles. The number of nitrogens with one attached hydrogen (secondary N) is 1. The van der Waals surface area contributed by atoms with Crippen LogP contribution in [0.1, 0.15) is 24.0 Å². The molecule has 0 radical (unpaired) electrons. The summed E-state index contributed by atoms with van der Waals surface area (Å²) >= 11 is 0. The zero-order valence-electron chi connectivity index (χ0n) is 17.5. The van der Waals surface area contributed by atoms with Gasteiger partial charge in [-0.1, -0.05) is 12.1 Å². The van der Waals surface area contributed by atoms with E-state index in [1.165, 1.54) is 0 Å². The Hall–Kier alpha value is -3.33. The van der Waals surface area contributed by atoms with Crippen LogP contribution in [0.2, 0.25) is 0 Å². The fraction of sp³-hybridized carbons (Fsp3) is 0.217. The van der Waals surface area contributed by atoms with Crippen LogP contribution in [-0.2, 0) is 21.2 Å². The van der Waals surface area contributed by atoms with E-state index in [-0.39, 0.29) is 31.0 Å². The van der Waals surface area contributed by atoms with Crippen LogP contribution in [-0.4, -0.2) is 32.1 Å². The van der Waals surface area contributed by atoms with E-state index in [4.69, 9.17) is 0 Å². The SMILES string of the molecule is CS(=O)(=O)N(CCCC(=O)Nc1ccc(Cc2ccncc2)cc1)c1ccc(F)cc1F. The standard InChI is InChI=1S/C23H23F2N3O3S/c1-32(30,31)28(22-9-6-19(24)16-21(22)25)14-2-3-23(29)27-20-7-4-17(5-8-20)15-18-10-12-26-13-11-18/h4-13,16H,2-3,14-15H2,1H3,(H,27,29). The van der Waals surface area contributed by atoms with E-state index in [1.807, 2.05) is 24.3 Å². The Kier molecular flexibility index (Phi) is 7.53. The van der Waals surface area contributed by atoms with Gasteiger partial charge in [0.2, 0.25) is 15.9 Å². The summed E-state index contributed by atoms with van der Waals surface area (Å²) < 4.78 is 52.1. The zero-order chi connectivity index (χ0) is 23.1. The molecule has 0 aliphatic carbocycles. The van der Waals surface area contributed by atoms with Gasteiger partial charge in [-0.25, -0.2) is 17.2 Å². The first-order valence-electron chi connectivity index (χ1n) is 9.93. The van der Waals surface area contributed by atoms with Gasteiger partial charge in [-0.05, 0) is 60.4 Å². The van der Waals surface area contributed by atoms with Gasteiger partial charge in [0.1, 0.15) is 11.6 Å². The molecule has 32 heavy (non-hydrogen) atoms. The predicted molar refractivity (Wildman–Crippen MR) is 120 cm³/mol. The molecule has 0 saturated carbocycles. The maximum Gasteiger partial charge on any atom is 0.232 e. The minimum Gasteiger partial charge on any atom is -0.326 e. The number of carbonyl (C=O) groups is 1. The summed E-state index contributed by atoms with van der Waals surface area (Å²) in [5, 5.41) is 2.76. The summed E-state index contributed by atoms with van der Waals surface area (Å²) in [6.07, 6.45) is 5.35. The highest BCUT2D eigenvalue weighted by molar-refractivity contribution is 7.92. The molecule has 0 aliphatic heterocycles. The lowest BCUT2D eigenvalue weighted by Crippen LogP contribution is -2.32. The molecule has 168 valence electrons. The zero-order valence-corrected chi connectivity index (χ0v) is 18.3. The summed E-state index contributed by atoms with van der Waals surface area (Å²) in [6.45, 7) is -0.111. The van der Waals surface area contributed by atoms with Crippen molar-refractivity contribution in [1.29, 1.82) is 0 Å². The third-order valence-corrected chi connectivity index (χ3v) is 5.92. The normalized spacial score (nSPS) is 11.2. The van der Waals surface area contributed by atoms with Gasteiger partial charge in [-0.2, -0.15) is 0 Å². The Morgan fingerprint density at radius 1 is 1.00 bits per heavy atom. The Morgan fingerprint density at radius 2 is 1.66 bits per heavy atom. The van der Waals surface area contributed by atoms with E-state index >= 15 is 0 Å². The molecular formula is C23H23F2N3O3S. The van der Waals surface area contributed by atoms with Crippen LogP contribution in [0.15, 0.2) is 67.0 Å². The summed E-state index contributed by atoms with van der Waals surface area (Å²) in [5.41, 5.74) is 2.58. The van der Waals surface area contributed by atoms with E-state index in [0.717, 1.165) is 40.2 Å². The van der Waals surface area contributed by atoms with Crippen molar-refractivity contribution in [2.75, 3.05) is 22.4 Å². The lowest BCUT2D eigenvalue weighted by Gasteiger charge is -2.22. The van der Waals surface area contributed by atoms with Crippen LogP contribution >= 0.6 is 0 Å². The quantitative estimate of drug-likeness (QED) is 0.522. The van der Waals surface area contributed by atoms with E-state index in [2.05, 4.69) is 10.3 Å². The van der Waals surface area contributed by atoms with E-state index < -0.39 is 21.7 Å². The summed E-state index contributed by atoms with van der Waals surface area (Å²) in [5.74, 6) is -2.07. The molecule has 0 bridgehead atoms. The van der Waals surface area contributed by atoms with Crippen molar-refractivity contribution >= 4 is 27.3 Å². The van der Waals surface area contributed by atoms with Gasteiger partial charge in [0.25, 0.3) is 0 Å². The molecule has 9 heteroatoms. The molecular weight excluding hydrogens is 436 g/mol. The van der Waals surface area contributed by atoms with Gasteiger partial charge in [-0.15, -0.1) is 0 Å². The first-order chi connectivity index (χ1) is 15.2. The summed E-state index contributed by atoms with van der Waals surface area (Å²) in [4.78, 5) is 16.2. The fourth-order valence-electron chi connectivity index (χ4n) is 3.20. The van der Waals surface area contributed by atoms with Crippen molar-refractivity contribution in [1.82, 2.24) is 4.98 Å². The van der Waals surface area contributed by atoms with Crippen molar-refractivity contribution in [3.05, 3.63) is 89.8 Å². The molecule has 0 fully saturated rings. The lowest BCUT2D eigenvalue weighted by atomic mass is 10.1. The minimum atomic E-state index is -3.81. The molecule has 0 spiro atoms. The lowest BCUT2D eigenvalue weighted by molar-refractivity contribution is -0.116. The molecule has 1 heterocycles. The molecule has 0 saturated heterocycles. The predicted octanol–water partition coefficient (Wildman–Crippen LogP) is 4.14. The van der Waals surface area contributed by atoms with Crippen molar-refractivity contribution in [3.63, 3.8) is 0 Å². The highest BCUT2D eigenvalue weighted by atomic mass is 32.2. The average molecular weight is 460 g/mol. The van der Waals surface area contributed by atoms with E-state index in [1.54, 1.807) is 24.5 Å². The van der Waals surface area contributed by atoms with E-state index in [9.17, 15) is 22.0 Å². The minimum absolute atomic E-state index is 0.0353. The number of anilines is 2. The Balaban J connectivity index is 1.54. The maximum absolute atomic E-state index is 14.0. The number of rotatable bonds is 9. The molecule has 3 aromatic rings. The molecule has 6 nitrogen and oxygen atoms in total. The van der Waals surface area contributed by atoms with E-state index in [0.29, 0.717) is 11.8 Å². The number of sulfonamides is 1. The average Bonchev–Trinajstić information content (AvgIpc) is 2.73. The second kappa shape index (κ2) is 10.3. The molecule has 3 rings (SSSR count). The highest BCUT2D eigenvalue weighted by Crippen LogP contribution is 2.23. The number of nitrogens with zero attached hydrogens (tertiary/aromatic N) is 2. The highest BCUT2D eigenvalue weighted by Gasteiger charge is 2.21. The smallest absolute Gasteiger partial charge is 0.232 e. The monoisotopic (exact) mass is 459 g/mol. The summed E-state index contributed by atoms with van der Waals surface area (Å²) in [7, 11) is -3.81. The third-order valence-electron chi connectivity index (χ3n) is 4.74. The second-order valence-corrected chi connectivity index (χ2v) is 9.22. The largest absolute Gasteiger partial charge is 0.326 e.